The van der Waals surface area contributed by atoms with Gasteiger partial charge in [-0.2, -0.15) is 0 Å². The Morgan fingerprint density at radius 2 is 1.85 bits per heavy atom. The van der Waals surface area contributed by atoms with Gasteiger partial charge >= 0.3 is 0 Å². The van der Waals surface area contributed by atoms with E-state index in [4.69, 9.17) is 0 Å². The summed E-state index contributed by atoms with van der Waals surface area (Å²) in [5.41, 5.74) is 1.41. The highest BCUT2D eigenvalue weighted by atomic mass is 32.1. The van der Waals surface area contributed by atoms with Crippen molar-refractivity contribution >= 4 is 17.2 Å². The third kappa shape index (κ3) is 3.07. The van der Waals surface area contributed by atoms with Crippen molar-refractivity contribution in [2.75, 3.05) is 13.1 Å². The molecular weight excluding hydrogens is 270 g/mol. The summed E-state index contributed by atoms with van der Waals surface area (Å²) in [6.45, 7) is 1.39. The smallest absolute Gasteiger partial charge is 0.263 e. The monoisotopic (exact) mass is 293 g/mol. The molecule has 1 amide bonds. The topological polar surface area (TPSA) is 40.5 Å². The maximum absolute atomic E-state index is 12.6. The van der Waals surface area contributed by atoms with Crippen LogP contribution in [0.2, 0.25) is 0 Å². The molecule has 0 unspecified atom stereocenters. The van der Waals surface area contributed by atoms with Crippen LogP contribution in [0.15, 0.2) is 6.07 Å². The van der Waals surface area contributed by atoms with Gasteiger partial charge in [-0.25, -0.2) is 0 Å². The molecule has 2 heterocycles. The van der Waals surface area contributed by atoms with Gasteiger partial charge in [0.25, 0.3) is 5.91 Å². The number of thiophene rings is 1. The molecule has 0 atom stereocenters. The van der Waals surface area contributed by atoms with Gasteiger partial charge in [0.1, 0.15) is 0 Å². The average molecular weight is 293 g/mol. The van der Waals surface area contributed by atoms with Crippen molar-refractivity contribution in [1.82, 2.24) is 4.90 Å². The van der Waals surface area contributed by atoms with Crippen molar-refractivity contribution in [3.05, 3.63) is 21.4 Å². The number of carbonyl (C=O) groups excluding carboxylic acids is 1. The summed E-state index contributed by atoms with van der Waals surface area (Å²) in [5, 5.41) is 9.54. The number of rotatable bonds is 1. The number of aliphatic hydroxyl groups is 1. The predicted octanol–water partition coefficient (Wildman–Crippen LogP) is 3.00. The molecule has 1 aromatic rings. The zero-order valence-corrected chi connectivity index (χ0v) is 12.8. The molecule has 0 bridgehead atoms. The Morgan fingerprint density at radius 3 is 2.60 bits per heavy atom. The Kier molecular flexibility index (Phi) is 4.41. The average Bonchev–Trinajstić information content (AvgIpc) is 2.81. The van der Waals surface area contributed by atoms with Gasteiger partial charge in [-0.1, -0.05) is 12.8 Å². The van der Waals surface area contributed by atoms with Crippen molar-refractivity contribution in [2.24, 2.45) is 0 Å². The van der Waals surface area contributed by atoms with Crippen LogP contribution in [0.5, 0.6) is 0 Å². The molecule has 1 N–H and O–H groups in total. The van der Waals surface area contributed by atoms with Crippen LogP contribution < -0.4 is 0 Å². The number of fused-ring (bicyclic) bond motifs is 1. The number of nitrogens with zero attached hydrogens (tertiary/aromatic N) is 1. The molecule has 110 valence electrons. The highest BCUT2D eigenvalue weighted by molar-refractivity contribution is 7.14. The minimum absolute atomic E-state index is 0.175. The largest absolute Gasteiger partial charge is 0.393 e. The van der Waals surface area contributed by atoms with Crippen molar-refractivity contribution in [3.8, 4) is 0 Å². The van der Waals surface area contributed by atoms with Crippen molar-refractivity contribution in [2.45, 2.75) is 57.5 Å². The van der Waals surface area contributed by atoms with Crippen LogP contribution in [-0.2, 0) is 12.8 Å². The first-order valence-corrected chi connectivity index (χ1v) is 8.64. The van der Waals surface area contributed by atoms with E-state index < -0.39 is 0 Å². The molecule has 1 saturated heterocycles. The molecule has 4 heteroatoms. The van der Waals surface area contributed by atoms with Crippen LogP contribution in [-0.4, -0.2) is 35.1 Å². The standard InChI is InChI=1S/C16H23NO2S/c18-13-7-9-17(10-8-13)16(19)15-11-12-5-3-1-2-4-6-14(12)20-15/h11,13,18H,1-10H2. The molecule has 3 rings (SSSR count). The van der Waals surface area contributed by atoms with Gasteiger partial charge in [-0.15, -0.1) is 11.3 Å². The summed E-state index contributed by atoms with van der Waals surface area (Å²) in [6.07, 6.45) is 8.66. The van der Waals surface area contributed by atoms with Crippen LogP contribution in [0.1, 0.15) is 58.6 Å². The second kappa shape index (κ2) is 6.27. The Morgan fingerprint density at radius 1 is 1.15 bits per heavy atom. The number of piperidine rings is 1. The molecule has 1 fully saturated rings. The lowest BCUT2D eigenvalue weighted by atomic mass is 9.99. The van der Waals surface area contributed by atoms with Gasteiger partial charge in [0.2, 0.25) is 0 Å². The quantitative estimate of drug-likeness (QED) is 0.864. The fourth-order valence-corrected chi connectivity index (χ4v) is 4.40. The van der Waals surface area contributed by atoms with E-state index in [-0.39, 0.29) is 12.0 Å². The fourth-order valence-electron chi connectivity index (χ4n) is 3.17. The van der Waals surface area contributed by atoms with Crippen LogP contribution >= 0.6 is 11.3 Å². The number of hydrogen-bond acceptors (Lipinski definition) is 3. The van der Waals surface area contributed by atoms with E-state index in [0.29, 0.717) is 13.1 Å². The molecule has 20 heavy (non-hydrogen) atoms. The van der Waals surface area contributed by atoms with Gasteiger partial charge in [-0.05, 0) is 50.2 Å². The Hall–Kier alpha value is -0.870. The molecule has 2 aliphatic rings. The molecule has 0 spiro atoms. The van der Waals surface area contributed by atoms with Crippen molar-refractivity contribution in [3.63, 3.8) is 0 Å². The predicted molar refractivity (Wildman–Crippen MR) is 81.3 cm³/mol. The second-order valence-corrected chi connectivity index (χ2v) is 7.13. The Bertz CT molecular complexity index is 449. The van der Waals surface area contributed by atoms with Crippen molar-refractivity contribution < 1.29 is 9.90 Å². The molecule has 3 nitrogen and oxygen atoms in total. The van der Waals surface area contributed by atoms with Gasteiger partial charge in [-0.3, -0.25) is 4.79 Å². The molecule has 0 saturated carbocycles. The summed E-state index contributed by atoms with van der Waals surface area (Å²) in [5.74, 6) is 0.175. The third-order valence-electron chi connectivity index (χ3n) is 4.46. The molecule has 1 aromatic heterocycles. The lowest BCUT2D eigenvalue weighted by Gasteiger charge is -2.29. The highest BCUT2D eigenvalue weighted by Crippen LogP contribution is 2.29. The first-order chi connectivity index (χ1) is 9.74. The van der Waals surface area contributed by atoms with Gasteiger partial charge < -0.3 is 10.0 Å². The molecule has 1 aliphatic carbocycles. The van der Waals surface area contributed by atoms with E-state index in [1.807, 2.05) is 4.90 Å². The lowest BCUT2D eigenvalue weighted by molar-refractivity contribution is 0.0550. The fraction of sp³-hybridized carbons (Fsp3) is 0.688. The lowest BCUT2D eigenvalue weighted by Crippen LogP contribution is -2.39. The summed E-state index contributed by atoms with van der Waals surface area (Å²) >= 11 is 1.71. The van der Waals surface area contributed by atoms with E-state index in [1.165, 1.54) is 36.1 Å². The van der Waals surface area contributed by atoms with Gasteiger partial charge in [0.15, 0.2) is 0 Å². The summed E-state index contributed by atoms with van der Waals surface area (Å²) < 4.78 is 0. The van der Waals surface area contributed by atoms with Crippen molar-refractivity contribution in [1.29, 1.82) is 0 Å². The SMILES string of the molecule is O=C(c1cc2c(s1)CCCCCC2)N1CCC(O)CC1. The minimum atomic E-state index is -0.220. The minimum Gasteiger partial charge on any atom is -0.393 e. The second-order valence-electron chi connectivity index (χ2n) is 6.00. The van der Waals surface area contributed by atoms with Crippen LogP contribution in [0, 0.1) is 0 Å². The molecule has 0 aromatic carbocycles. The zero-order valence-electron chi connectivity index (χ0n) is 11.9. The molecule has 0 radical (unpaired) electrons. The maximum Gasteiger partial charge on any atom is 0.263 e. The first kappa shape index (κ1) is 14.1. The maximum atomic E-state index is 12.6. The summed E-state index contributed by atoms with van der Waals surface area (Å²) in [7, 11) is 0. The van der Waals surface area contributed by atoms with Crippen LogP contribution in [0.3, 0.4) is 0 Å². The normalized spacial score (nSPS) is 21.1. The highest BCUT2D eigenvalue weighted by Gasteiger charge is 2.24. The van der Waals surface area contributed by atoms with E-state index >= 15 is 0 Å². The van der Waals surface area contributed by atoms with Gasteiger partial charge in [0.05, 0.1) is 11.0 Å². The first-order valence-electron chi connectivity index (χ1n) is 7.83. The molecule has 1 aliphatic heterocycles. The zero-order chi connectivity index (χ0) is 13.9. The van der Waals surface area contributed by atoms with E-state index in [1.54, 1.807) is 11.3 Å². The summed E-state index contributed by atoms with van der Waals surface area (Å²) in [6, 6.07) is 2.14. The number of amides is 1. The van der Waals surface area contributed by atoms with E-state index in [2.05, 4.69) is 6.07 Å². The summed E-state index contributed by atoms with van der Waals surface area (Å²) in [4.78, 5) is 16.8. The van der Waals surface area contributed by atoms with Crippen LogP contribution in [0.4, 0.5) is 0 Å². The number of aliphatic hydroxyl groups excluding tert-OH is 1. The number of aryl methyl sites for hydroxylation is 2. The Labute approximate surface area is 124 Å². The number of likely N-dealkylation sites (tertiary alicyclic amines) is 1. The molecular formula is C16H23NO2S. The van der Waals surface area contributed by atoms with E-state index in [9.17, 15) is 9.90 Å². The third-order valence-corrected chi connectivity index (χ3v) is 5.68. The Balaban J connectivity index is 1.73. The van der Waals surface area contributed by atoms with Gasteiger partial charge in [0, 0.05) is 18.0 Å². The van der Waals surface area contributed by atoms with E-state index in [0.717, 1.165) is 30.6 Å². The van der Waals surface area contributed by atoms with Crippen LogP contribution in [0.25, 0.3) is 0 Å². The number of carbonyl (C=O) groups is 1. The number of hydrogen-bond donors (Lipinski definition) is 1.